The van der Waals surface area contributed by atoms with Crippen molar-refractivity contribution in [2.45, 2.75) is 6.92 Å². The molecule has 2 amide bonds. The van der Waals surface area contributed by atoms with Crippen LogP contribution in [0.3, 0.4) is 0 Å². The van der Waals surface area contributed by atoms with Gasteiger partial charge in [-0.15, -0.1) is 0 Å². The maximum atomic E-state index is 11.8. The molecule has 2 aromatic carbocycles. The number of hydrazone groups is 1. The van der Waals surface area contributed by atoms with Gasteiger partial charge in [0.05, 0.1) is 12.8 Å². The van der Waals surface area contributed by atoms with Crippen molar-refractivity contribution in [2.75, 3.05) is 6.54 Å². The topological polar surface area (TPSA) is 90.8 Å². The zero-order valence-electron chi connectivity index (χ0n) is 12.6. The van der Waals surface area contributed by atoms with E-state index in [1.807, 2.05) is 19.1 Å². The van der Waals surface area contributed by atoms with Crippen molar-refractivity contribution in [3.05, 3.63) is 65.2 Å². The van der Waals surface area contributed by atoms with Gasteiger partial charge in [0, 0.05) is 5.56 Å². The number of nitrogens with one attached hydrogen (secondary N) is 2. The Morgan fingerprint density at radius 3 is 2.61 bits per heavy atom. The molecule has 0 unspecified atom stereocenters. The number of aryl methyl sites for hydroxylation is 1. The van der Waals surface area contributed by atoms with Crippen LogP contribution >= 0.6 is 0 Å². The fourth-order valence-electron chi connectivity index (χ4n) is 1.79. The van der Waals surface area contributed by atoms with Crippen LogP contribution < -0.4 is 10.7 Å². The van der Waals surface area contributed by atoms with Gasteiger partial charge in [-0.25, -0.2) is 5.43 Å². The van der Waals surface area contributed by atoms with Gasteiger partial charge in [-0.2, -0.15) is 5.10 Å². The number of rotatable bonds is 5. The third-order valence-corrected chi connectivity index (χ3v) is 3.00. The first-order valence-corrected chi connectivity index (χ1v) is 7.00. The molecule has 0 radical (unpaired) electrons. The smallest absolute Gasteiger partial charge is 0.259 e. The van der Waals surface area contributed by atoms with E-state index in [-0.39, 0.29) is 18.2 Å². The molecule has 0 saturated carbocycles. The normalized spacial score (nSPS) is 10.5. The second-order valence-electron chi connectivity index (χ2n) is 4.94. The molecule has 0 saturated heterocycles. The minimum atomic E-state index is -0.443. The number of benzene rings is 2. The summed E-state index contributed by atoms with van der Waals surface area (Å²) < 4.78 is 0. The second kappa shape index (κ2) is 7.74. The first kappa shape index (κ1) is 16.2. The maximum absolute atomic E-state index is 11.8. The van der Waals surface area contributed by atoms with Crippen LogP contribution in [0.1, 0.15) is 21.5 Å². The minimum Gasteiger partial charge on any atom is -0.508 e. The van der Waals surface area contributed by atoms with Crippen LogP contribution in [0.4, 0.5) is 0 Å². The Balaban J connectivity index is 1.78. The van der Waals surface area contributed by atoms with Crippen LogP contribution in [-0.2, 0) is 4.79 Å². The summed E-state index contributed by atoms with van der Waals surface area (Å²) in [6.07, 6.45) is 1.40. The molecular formula is C17H17N3O3. The molecule has 0 fully saturated rings. The van der Waals surface area contributed by atoms with Crippen molar-refractivity contribution < 1.29 is 14.7 Å². The second-order valence-corrected chi connectivity index (χ2v) is 4.94. The van der Waals surface area contributed by atoms with Gasteiger partial charge in [0.2, 0.25) is 0 Å². The van der Waals surface area contributed by atoms with Crippen molar-refractivity contribution in [3.63, 3.8) is 0 Å². The Morgan fingerprint density at radius 1 is 1.17 bits per heavy atom. The van der Waals surface area contributed by atoms with Gasteiger partial charge in [-0.05, 0) is 36.8 Å². The zero-order chi connectivity index (χ0) is 16.7. The molecule has 0 aliphatic rings. The molecule has 0 bridgehead atoms. The lowest BCUT2D eigenvalue weighted by Crippen LogP contribution is -2.34. The number of phenols is 1. The number of phenolic OH excluding ortho intramolecular Hbond substituents is 1. The Morgan fingerprint density at radius 2 is 1.91 bits per heavy atom. The summed E-state index contributed by atoms with van der Waals surface area (Å²) in [5.74, 6) is -0.649. The van der Waals surface area contributed by atoms with Gasteiger partial charge in [0.1, 0.15) is 5.75 Å². The fourth-order valence-corrected chi connectivity index (χ4v) is 1.79. The zero-order valence-corrected chi connectivity index (χ0v) is 12.6. The molecule has 0 heterocycles. The molecule has 6 nitrogen and oxygen atoms in total. The highest BCUT2D eigenvalue weighted by Crippen LogP contribution is 2.08. The summed E-state index contributed by atoms with van der Waals surface area (Å²) in [4.78, 5) is 23.4. The lowest BCUT2D eigenvalue weighted by molar-refractivity contribution is -0.120. The number of hydrogen-bond donors (Lipinski definition) is 3. The number of amides is 2. The molecule has 2 rings (SSSR count). The summed E-state index contributed by atoms with van der Waals surface area (Å²) in [6.45, 7) is 1.75. The van der Waals surface area contributed by atoms with E-state index in [9.17, 15) is 14.7 Å². The molecule has 23 heavy (non-hydrogen) atoms. The van der Waals surface area contributed by atoms with Crippen LogP contribution in [-0.4, -0.2) is 29.7 Å². The summed E-state index contributed by atoms with van der Waals surface area (Å²) in [5.41, 5.74) is 4.50. The molecule has 0 aliphatic heterocycles. The predicted octanol–water partition coefficient (Wildman–Crippen LogP) is 1.58. The van der Waals surface area contributed by atoms with Gasteiger partial charge in [-0.1, -0.05) is 29.8 Å². The summed E-state index contributed by atoms with van der Waals surface area (Å²) in [7, 11) is 0. The van der Waals surface area contributed by atoms with Gasteiger partial charge in [0.25, 0.3) is 11.8 Å². The predicted molar refractivity (Wildman–Crippen MR) is 87.4 cm³/mol. The molecule has 118 valence electrons. The van der Waals surface area contributed by atoms with Crippen LogP contribution in [0.15, 0.2) is 53.6 Å². The van der Waals surface area contributed by atoms with Gasteiger partial charge in [0.15, 0.2) is 0 Å². The lowest BCUT2D eigenvalue weighted by atomic mass is 10.1. The van der Waals surface area contributed by atoms with E-state index in [2.05, 4.69) is 15.8 Å². The van der Waals surface area contributed by atoms with Crippen molar-refractivity contribution in [1.82, 2.24) is 10.7 Å². The third-order valence-electron chi connectivity index (χ3n) is 3.00. The quantitative estimate of drug-likeness (QED) is 0.578. The Bertz CT molecular complexity index is 724. The molecule has 3 N–H and O–H groups in total. The Hall–Kier alpha value is -3.15. The van der Waals surface area contributed by atoms with E-state index in [1.165, 1.54) is 18.3 Å². The van der Waals surface area contributed by atoms with E-state index in [0.717, 1.165) is 5.56 Å². The standard InChI is InChI=1S/C17H17N3O3/c1-12-5-7-14(8-6-12)17(23)18-11-16(22)20-19-10-13-3-2-4-15(21)9-13/h2-10,21H,11H2,1H3,(H,18,23)(H,20,22)/b19-10+. The van der Waals surface area contributed by atoms with E-state index >= 15 is 0 Å². The first-order valence-electron chi connectivity index (χ1n) is 7.00. The summed E-state index contributed by atoms with van der Waals surface area (Å²) in [5, 5.41) is 15.6. The molecule has 0 aromatic heterocycles. The number of carbonyl (C=O) groups excluding carboxylic acids is 2. The highest BCUT2D eigenvalue weighted by molar-refractivity contribution is 5.96. The van der Waals surface area contributed by atoms with E-state index in [4.69, 9.17) is 0 Å². The molecule has 6 heteroatoms. The SMILES string of the molecule is Cc1ccc(C(=O)NCC(=O)N/N=C/c2cccc(O)c2)cc1. The summed E-state index contributed by atoms with van der Waals surface area (Å²) >= 11 is 0. The molecular weight excluding hydrogens is 294 g/mol. The number of nitrogens with zero attached hydrogens (tertiary/aromatic N) is 1. The van der Waals surface area contributed by atoms with Gasteiger partial charge in [-0.3, -0.25) is 9.59 Å². The third kappa shape index (κ3) is 5.28. The fraction of sp³-hybridized carbons (Fsp3) is 0.118. The average Bonchev–Trinajstić information content (AvgIpc) is 2.53. The first-order chi connectivity index (χ1) is 11.0. The van der Waals surface area contributed by atoms with Crippen molar-refractivity contribution in [3.8, 4) is 5.75 Å². The molecule has 2 aromatic rings. The van der Waals surface area contributed by atoms with Crippen LogP contribution in [0.5, 0.6) is 5.75 Å². The highest BCUT2D eigenvalue weighted by Gasteiger charge is 2.06. The summed E-state index contributed by atoms with van der Waals surface area (Å²) in [6, 6.07) is 13.5. The Kier molecular flexibility index (Phi) is 5.46. The minimum absolute atomic E-state index is 0.116. The molecule has 0 atom stereocenters. The lowest BCUT2D eigenvalue weighted by Gasteiger charge is -2.04. The Labute approximate surface area is 133 Å². The largest absolute Gasteiger partial charge is 0.508 e. The van der Waals surface area contributed by atoms with E-state index in [0.29, 0.717) is 11.1 Å². The maximum Gasteiger partial charge on any atom is 0.259 e. The van der Waals surface area contributed by atoms with Crippen LogP contribution in [0.2, 0.25) is 0 Å². The van der Waals surface area contributed by atoms with Gasteiger partial charge >= 0.3 is 0 Å². The number of aromatic hydroxyl groups is 1. The van der Waals surface area contributed by atoms with Gasteiger partial charge < -0.3 is 10.4 Å². The number of hydrogen-bond acceptors (Lipinski definition) is 4. The van der Waals surface area contributed by atoms with Crippen molar-refractivity contribution >= 4 is 18.0 Å². The van der Waals surface area contributed by atoms with E-state index < -0.39 is 5.91 Å². The molecule has 0 aliphatic carbocycles. The van der Waals surface area contributed by atoms with Crippen LogP contribution in [0.25, 0.3) is 0 Å². The van der Waals surface area contributed by atoms with Crippen LogP contribution in [0, 0.1) is 6.92 Å². The average molecular weight is 311 g/mol. The molecule has 0 spiro atoms. The number of carbonyl (C=O) groups is 2. The van der Waals surface area contributed by atoms with E-state index in [1.54, 1.807) is 24.3 Å². The van der Waals surface area contributed by atoms with Crippen molar-refractivity contribution in [2.24, 2.45) is 5.10 Å². The van der Waals surface area contributed by atoms with Crippen molar-refractivity contribution in [1.29, 1.82) is 0 Å². The highest BCUT2D eigenvalue weighted by atomic mass is 16.3. The monoisotopic (exact) mass is 311 g/mol.